The summed E-state index contributed by atoms with van der Waals surface area (Å²) in [5.41, 5.74) is -0.416. The molecule has 2 unspecified atom stereocenters. The van der Waals surface area contributed by atoms with Gasteiger partial charge >= 0.3 is 0 Å². The number of hydrogen-bond acceptors (Lipinski definition) is 3. The van der Waals surface area contributed by atoms with Crippen molar-refractivity contribution in [2.45, 2.75) is 71.9 Å². The molecule has 0 aromatic carbocycles. The number of hydrogen-bond donors (Lipinski definition) is 3. The molecule has 1 aliphatic carbocycles. The van der Waals surface area contributed by atoms with Gasteiger partial charge in [-0.2, -0.15) is 0 Å². The predicted molar refractivity (Wildman–Crippen MR) is 99.1 cm³/mol. The normalized spacial score (nSPS) is 25.3. The van der Waals surface area contributed by atoms with Crippen molar-refractivity contribution in [3.05, 3.63) is 0 Å². The van der Waals surface area contributed by atoms with E-state index in [0.717, 1.165) is 32.2 Å². The van der Waals surface area contributed by atoms with Crippen molar-refractivity contribution in [3.8, 4) is 0 Å². The number of nitrogens with one attached hydrogen (secondary N) is 2. The molecule has 1 saturated carbocycles. The summed E-state index contributed by atoms with van der Waals surface area (Å²) in [7, 11) is 1.86. The lowest BCUT2D eigenvalue weighted by Gasteiger charge is -2.37. The number of rotatable bonds is 5. The number of aliphatic hydroxyl groups excluding tert-OH is 1. The van der Waals surface area contributed by atoms with Gasteiger partial charge < -0.3 is 20.6 Å². The van der Waals surface area contributed by atoms with Crippen molar-refractivity contribution < 1.29 is 9.90 Å². The molecule has 24 heavy (non-hydrogen) atoms. The van der Waals surface area contributed by atoms with E-state index in [1.165, 1.54) is 0 Å². The summed E-state index contributed by atoms with van der Waals surface area (Å²) in [4.78, 5) is 18.7. The van der Waals surface area contributed by atoms with Crippen molar-refractivity contribution in [3.63, 3.8) is 0 Å². The average Bonchev–Trinajstić information content (AvgIpc) is 2.44. The zero-order valence-electron chi connectivity index (χ0n) is 16.3. The Balaban J connectivity index is 2.72. The van der Waals surface area contributed by atoms with E-state index in [9.17, 15) is 9.90 Å². The fourth-order valence-corrected chi connectivity index (χ4v) is 3.04. The minimum absolute atomic E-state index is 0.0282. The summed E-state index contributed by atoms with van der Waals surface area (Å²) in [6.07, 6.45) is 3.78. The Bertz CT molecular complexity index is 445. The minimum Gasteiger partial charge on any atom is -0.392 e. The molecule has 0 saturated heterocycles. The number of aliphatic hydroxyl groups is 1. The molecule has 1 amide bonds. The predicted octanol–water partition coefficient (Wildman–Crippen LogP) is 1.74. The molecule has 0 bridgehead atoms. The minimum atomic E-state index is -0.299. The Hall–Kier alpha value is -1.30. The van der Waals surface area contributed by atoms with E-state index in [1.807, 2.05) is 39.6 Å². The molecule has 1 fully saturated rings. The third-order valence-corrected chi connectivity index (χ3v) is 4.46. The molecule has 140 valence electrons. The van der Waals surface area contributed by atoms with Crippen LogP contribution < -0.4 is 10.6 Å². The SMILES string of the molecule is CCNC(=NCC1(C)CCCCC1O)N(C)CC(=O)NC(C)(C)C. The maximum Gasteiger partial charge on any atom is 0.240 e. The van der Waals surface area contributed by atoms with Gasteiger partial charge in [-0.1, -0.05) is 19.8 Å². The lowest BCUT2D eigenvalue weighted by atomic mass is 9.73. The van der Waals surface area contributed by atoms with Gasteiger partial charge in [0.1, 0.15) is 0 Å². The average molecular weight is 341 g/mol. The van der Waals surface area contributed by atoms with Crippen molar-refractivity contribution in [2.24, 2.45) is 10.4 Å². The molecule has 1 aliphatic rings. The molecule has 6 heteroatoms. The summed E-state index contributed by atoms with van der Waals surface area (Å²) < 4.78 is 0. The fraction of sp³-hybridized carbons (Fsp3) is 0.889. The maximum atomic E-state index is 12.1. The van der Waals surface area contributed by atoms with Crippen LogP contribution in [0.5, 0.6) is 0 Å². The van der Waals surface area contributed by atoms with Crippen molar-refractivity contribution in [1.82, 2.24) is 15.5 Å². The molecule has 0 aliphatic heterocycles. The Kier molecular flexibility index (Phi) is 7.52. The number of carbonyl (C=O) groups is 1. The third-order valence-electron chi connectivity index (χ3n) is 4.46. The van der Waals surface area contributed by atoms with Gasteiger partial charge in [-0.15, -0.1) is 0 Å². The van der Waals surface area contributed by atoms with Crippen molar-refractivity contribution in [1.29, 1.82) is 0 Å². The first kappa shape index (κ1) is 20.7. The highest BCUT2D eigenvalue weighted by Gasteiger charge is 2.35. The van der Waals surface area contributed by atoms with Crippen molar-refractivity contribution >= 4 is 11.9 Å². The van der Waals surface area contributed by atoms with E-state index in [0.29, 0.717) is 12.5 Å². The van der Waals surface area contributed by atoms with Crippen LogP contribution in [0, 0.1) is 5.41 Å². The van der Waals surface area contributed by atoms with Gasteiger partial charge in [0.25, 0.3) is 0 Å². The van der Waals surface area contributed by atoms with E-state index < -0.39 is 0 Å². The van der Waals surface area contributed by atoms with Crippen molar-refractivity contribution in [2.75, 3.05) is 26.7 Å². The number of likely N-dealkylation sites (N-methyl/N-ethyl adjacent to an activating group) is 1. The van der Waals surface area contributed by atoms with Gasteiger partial charge in [-0.25, -0.2) is 0 Å². The molecular formula is C18H36N4O2. The number of guanidine groups is 1. The summed E-state index contributed by atoms with van der Waals surface area (Å²) in [5, 5.41) is 16.5. The van der Waals surface area contributed by atoms with E-state index in [1.54, 1.807) is 0 Å². The second kappa shape index (κ2) is 8.70. The smallest absolute Gasteiger partial charge is 0.240 e. The Labute approximate surface area is 147 Å². The molecule has 2 atom stereocenters. The van der Waals surface area contributed by atoms with E-state index >= 15 is 0 Å². The van der Waals surface area contributed by atoms with Gasteiger partial charge in [0, 0.05) is 24.5 Å². The van der Waals surface area contributed by atoms with Gasteiger partial charge in [0.15, 0.2) is 5.96 Å². The highest BCUT2D eigenvalue weighted by molar-refractivity contribution is 5.86. The Morgan fingerprint density at radius 2 is 2.04 bits per heavy atom. The molecule has 0 heterocycles. The van der Waals surface area contributed by atoms with Gasteiger partial charge in [-0.05, 0) is 40.5 Å². The van der Waals surface area contributed by atoms with Crippen LogP contribution in [0.15, 0.2) is 4.99 Å². The molecular weight excluding hydrogens is 304 g/mol. The summed E-state index contributed by atoms with van der Waals surface area (Å²) in [6, 6.07) is 0. The summed E-state index contributed by atoms with van der Waals surface area (Å²) >= 11 is 0. The zero-order chi connectivity index (χ0) is 18.4. The van der Waals surface area contributed by atoms with E-state index in [2.05, 4.69) is 17.6 Å². The maximum absolute atomic E-state index is 12.1. The highest BCUT2D eigenvalue weighted by Crippen LogP contribution is 2.36. The van der Waals surface area contributed by atoms with E-state index in [4.69, 9.17) is 4.99 Å². The van der Waals surface area contributed by atoms with Crippen LogP contribution in [-0.2, 0) is 4.79 Å². The molecule has 0 radical (unpaired) electrons. The second-order valence-corrected chi connectivity index (χ2v) is 8.24. The molecule has 0 spiro atoms. The fourth-order valence-electron chi connectivity index (χ4n) is 3.04. The highest BCUT2D eigenvalue weighted by atomic mass is 16.3. The van der Waals surface area contributed by atoms with Crippen LogP contribution in [0.25, 0.3) is 0 Å². The molecule has 0 aromatic rings. The summed E-state index contributed by atoms with van der Waals surface area (Å²) in [6.45, 7) is 11.6. The van der Waals surface area contributed by atoms with Gasteiger partial charge in [-0.3, -0.25) is 9.79 Å². The van der Waals surface area contributed by atoms with Crippen LogP contribution >= 0.6 is 0 Å². The first-order chi connectivity index (χ1) is 11.1. The molecule has 3 N–H and O–H groups in total. The van der Waals surface area contributed by atoms with Crippen LogP contribution in [0.4, 0.5) is 0 Å². The van der Waals surface area contributed by atoms with E-state index in [-0.39, 0.29) is 29.5 Å². The standard InChI is InChI=1S/C18H36N4O2/c1-7-19-16(22(6)12-15(24)21-17(2,3)4)20-13-18(5)11-9-8-10-14(18)23/h14,23H,7-13H2,1-6H3,(H,19,20)(H,21,24). The van der Waals surface area contributed by atoms with Crippen LogP contribution in [0.3, 0.4) is 0 Å². The number of aliphatic imine (C=N–C) groups is 1. The third kappa shape index (κ3) is 6.67. The topological polar surface area (TPSA) is 77.0 Å². The number of carbonyl (C=O) groups excluding carboxylic acids is 1. The molecule has 6 nitrogen and oxygen atoms in total. The summed E-state index contributed by atoms with van der Waals surface area (Å²) in [5.74, 6) is 0.681. The first-order valence-electron chi connectivity index (χ1n) is 9.06. The quantitative estimate of drug-likeness (QED) is 0.526. The van der Waals surface area contributed by atoms with Crippen LogP contribution in [0.1, 0.15) is 60.3 Å². The monoisotopic (exact) mass is 340 g/mol. The lowest BCUT2D eigenvalue weighted by molar-refractivity contribution is -0.122. The van der Waals surface area contributed by atoms with Gasteiger partial charge in [0.2, 0.25) is 5.91 Å². The van der Waals surface area contributed by atoms with Crippen LogP contribution in [-0.4, -0.2) is 60.2 Å². The largest absolute Gasteiger partial charge is 0.392 e. The van der Waals surface area contributed by atoms with Crippen LogP contribution in [0.2, 0.25) is 0 Å². The Morgan fingerprint density at radius 3 is 2.58 bits per heavy atom. The van der Waals surface area contributed by atoms with Gasteiger partial charge in [0.05, 0.1) is 19.2 Å². The first-order valence-corrected chi connectivity index (χ1v) is 9.06. The molecule has 1 rings (SSSR count). The number of amides is 1. The molecule has 0 aromatic heterocycles. The zero-order valence-corrected chi connectivity index (χ0v) is 16.3. The Morgan fingerprint density at radius 1 is 1.38 bits per heavy atom. The lowest BCUT2D eigenvalue weighted by Crippen LogP contribution is -2.49. The second-order valence-electron chi connectivity index (χ2n) is 8.24. The number of nitrogens with zero attached hydrogens (tertiary/aromatic N) is 2.